The number of hydrogen-bond donors (Lipinski definition) is 1. The lowest BCUT2D eigenvalue weighted by atomic mass is 9.84. The summed E-state index contributed by atoms with van der Waals surface area (Å²) in [7, 11) is 0. The van der Waals surface area contributed by atoms with Crippen LogP contribution in [0, 0.1) is 0 Å². The highest BCUT2D eigenvalue weighted by atomic mass is 16.5. The zero-order valence-corrected chi connectivity index (χ0v) is 14.4. The molecule has 25 heavy (non-hydrogen) atoms. The largest absolute Gasteiger partial charge is 0.381 e. The summed E-state index contributed by atoms with van der Waals surface area (Å²) in [5.41, 5.74) is 0.987. The van der Waals surface area contributed by atoms with E-state index < -0.39 is 0 Å². The Bertz CT molecular complexity index is 662. The van der Waals surface area contributed by atoms with Crippen LogP contribution in [-0.2, 0) is 15.9 Å². The van der Waals surface area contributed by atoms with Gasteiger partial charge in [0.1, 0.15) is 0 Å². The zero-order valence-electron chi connectivity index (χ0n) is 14.4. The molecule has 0 bridgehead atoms. The van der Waals surface area contributed by atoms with Crippen LogP contribution < -0.4 is 5.32 Å². The summed E-state index contributed by atoms with van der Waals surface area (Å²) >= 11 is 0. The lowest BCUT2D eigenvalue weighted by Crippen LogP contribution is -2.50. The summed E-state index contributed by atoms with van der Waals surface area (Å²) in [4.78, 5) is 4.49. The first kappa shape index (κ1) is 16.7. The Morgan fingerprint density at radius 3 is 2.80 bits per heavy atom. The third-order valence-corrected chi connectivity index (χ3v) is 5.17. The first-order valence-electron chi connectivity index (χ1n) is 9.16. The molecule has 0 radical (unpaired) electrons. The summed E-state index contributed by atoms with van der Waals surface area (Å²) < 4.78 is 16.9. The number of nitrogens with zero attached hydrogens (tertiary/aromatic N) is 2. The van der Waals surface area contributed by atoms with Gasteiger partial charge in [0.05, 0.1) is 5.60 Å². The minimum absolute atomic E-state index is 0.0286. The fourth-order valence-electron chi connectivity index (χ4n) is 3.74. The molecular weight excluding hydrogens is 318 g/mol. The molecule has 0 saturated carbocycles. The Morgan fingerprint density at radius 1 is 1.12 bits per heavy atom. The van der Waals surface area contributed by atoms with Crippen molar-refractivity contribution >= 4 is 0 Å². The minimum atomic E-state index is 0.0286. The Labute approximate surface area is 147 Å². The second kappa shape index (κ2) is 7.64. The predicted octanol–water partition coefficient (Wildman–Crippen LogP) is 2.60. The van der Waals surface area contributed by atoms with Gasteiger partial charge in [-0.05, 0) is 37.8 Å². The van der Waals surface area contributed by atoms with Crippen molar-refractivity contribution < 1.29 is 14.0 Å². The molecule has 2 aliphatic heterocycles. The van der Waals surface area contributed by atoms with Crippen molar-refractivity contribution in [2.75, 3.05) is 26.4 Å². The lowest BCUT2D eigenvalue weighted by Gasteiger charge is -2.43. The Kier molecular flexibility index (Phi) is 5.10. The SMILES string of the molecule is c1ccc(-c2nc(CCN[C@H]3CCOC4(CCOCC4)C3)no2)cc1. The molecule has 2 saturated heterocycles. The second-order valence-electron chi connectivity index (χ2n) is 6.92. The number of benzene rings is 1. The molecule has 0 amide bonds. The van der Waals surface area contributed by atoms with Crippen LogP contribution in [0.15, 0.2) is 34.9 Å². The normalized spacial score (nSPS) is 23.0. The number of rotatable bonds is 5. The standard InChI is InChI=1S/C19H25N3O3/c1-2-4-15(5-3-1)18-21-17(22-25-18)6-10-20-16-7-11-24-19(14-16)8-12-23-13-9-19/h1-5,16,20H,6-14H2/t16-/m0/s1. The van der Waals surface area contributed by atoms with Crippen LogP contribution >= 0.6 is 0 Å². The van der Waals surface area contributed by atoms with E-state index in [1.54, 1.807) is 0 Å². The average molecular weight is 343 g/mol. The molecule has 6 heteroatoms. The summed E-state index contributed by atoms with van der Waals surface area (Å²) in [6.07, 6.45) is 4.92. The molecule has 2 aliphatic rings. The van der Waals surface area contributed by atoms with Crippen molar-refractivity contribution in [2.24, 2.45) is 0 Å². The van der Waals surface area contributed by atoms with Gasteiger partial charge in [0.15, 0.2) is 5.82 Å². The highest BCUT2D eigenvalue weighted by molar-refractivity contribution is 5.51. The van der Waals surface area contributed by atoms with E-state index in [0.717, 1.165) is 69.9 Å². The molecule has 2 fully saturated rings. The lowest BCUT2D eigenvalue weighted by molar-refractivity contribution is -0.140. The molecular formula is C19H25N3O3. The van der Waals surface area contributed by atoms with Gasteiger partial charge in [-0.1, -0.05) is 23.4 Å². The molecule has 0 aliphatic carbocycles. The van der Waals surface area contributed by atoms with Gasteiger partial charge in [0.2, 0.25) is 0 Å². The van der Waals surface area contributed by atoms with E-state index in [1.165, 1.54) is 0 Å². The quantitative estimate of drug-likeness (QED) is 0.900. The van der Waals surface area contributed by atoms with Crippen LogP contribution in [0.25, 0.3) is 11.5 Å². The maximum Gasteiger partial charge on any atom is 0.257 e. The van der Waals surface area contributed by atoms with Crippen LogP contribution in [0.2, 0.25) is 0 Å². The Hall–Kier alpha value is -1.76. The molecule has 134 valence electrons. The molecule has 3 heterocycles. The van der Waals surface area contributed by atoms with Gasteiger partial charge in [-0.2, -0.15) is 4.98 Å². The molecule has 0 unspecified atom stereocenters. The Balaban J connectivity index is 1.27. The van der Waals surface area contributed by atoms with E-state index in [1.807, 2.05) is 30.3 Å². The van der Waals surface area contributed by atoms with Crippen LogP contribution in [0.1, 0.15) is 31.5 Å². The maximum absolute atomic E-state index is 6.09. The number of nitrogens with one attached hydrogen (secondary N) is 1. The molecule has 1 N–H and O–H groups in total. The minimum Gasteiger partial charge on any atom is -0.381 e. The van der Waals surface area contributed by atoms with E-state index in [2.05, 4.69) is 15.5 Å². The van der Waals surface area contributed by atoms with E-state index in [4.69, 9.17) is 14.0 Å². The van der Waals surface area contributed by atoms with Crippen molar-refractivity contribution in [3.8, 4) is 11.5 Å². The average Bonchev–Trinajstić information content (AvgIpc) is 3.12. The summed E-state index contributed by atoms with van der Waals surface area (Å²) in [5, 5.41) is 7.74. The summed E-state index contributed by atoms with van der Waals surface area (Å²) in [5.74, 6) is 1.34. The first-order chi connectivity index (χ1) is 12.3. The highest BCUT2D eigenvalue weighted by Gasteiger charge is 2.38. The molecule has 1 spiro atoms. The van der Waals surface area contributed by atoms with Gasteiger partial charge in [-0.3, -0.25) is 0 Å². The van der Waals surface area contributed by atoms with Crippen molar-refractivity contribution in [1.29, 1.82) is 0 Å². The van der Waals surface area contributed by atoms with Gasteiger partial charge in [0.25, 0.3) is 5.89 Å². The van der Waals surface area contributed by atoms with Crippen molar-refractivity contribution in [3.05, 3.63) is 36.2 Å². The van der Waals surface area contributed by atoms with Gasteiger partial charge in [0, 0.05) is 44.4 Å². The molecule has 1 aromatic heterocycles. The van der Waals surface area contributed by atoms with Crippen molar-refractivity contribution in [1.82, 2.24) is 15.5 Å². The number of hydrogen-bond acceptors (Lipinski definition) is 6. The van der Waals surface area contributed by atoms with Gasteiger partial charge < -0.3 is 19.3 Å². The Morgan fingerprint density at radius 2 is 1.96 bits per heavy atom. The van der Waals surface area contributed by atoms with E-state index in [9.17, 15) is 0 Å². The van der Waals surface area contributed by atoms with Crippen LogP contribution in [0.3, 0.4) is 0 Å². The van der Waals surface area contributed by atoms with E-state index in [-0.39, 0.29) is 5.60 Å². The molecule has 6 nitrogen and oxygen atoms in total. The van der Waals surface area contributed by atoms with Gasteiger partial charge in [-0.25, -0.2) is 0 Å². The topological polar surface area (TPSA) is 69.4 Å². The summed E-state index contributed by atoms with van der Waals surface area (Å²) in [6.45, 7) is 3.32. The third-order valence-electron chi connectivity index (χ3n) is 5.17. The van der Waals surface area contributed by atoms with Crippen molar-refractivity contribution in [2.45, 2.75) is 43.7 Å². The second-order valence-corrected chi connectivity index (χ2v) is 6.92. The van der Waals surface area contributed by atoms with Crippen LogP contribution in [-0.4, -0.2) is 48.1 Å². The third kappa shape index (κ3) is 4.08. The van der Waals surface area contributed by atoms with Crippen molar-refractivity contribution in [3.63, 3.8) is 0 Å². The van der Waals surface area contributed by atoms with Crippen LogP contribution in [0.5, 0.6) is 0 Å². The monoisotopic (exact) mass is 343 g/mol. The molecule has 1 atom stereocenters. The molecule has 1 aromatic carbocycles. The number of ether oxygens (including phenoxy) is 2. The fourth-order valence-corrected chi connectivity index (χ4v) is 3.74. The molecule has 4 rings (SSSR count). The smallest absolute Gasteiger partial charge is 0.257 e. The van der Waals surface area contributed by atoms with E-state index >= 15 is 0 Å². The zero-order chi connectivity index (χ0) is 17.0. The highest BCUT2D eigenvalue weighted by Crippen LogP contribution is 2.34. The fraction of sp³-hybridized carbons (Fsp3) is 0.579. The summed E-state index contributed by atoms with van der Waals surface area (Å²) in [6, 6.07) is 10.4. The molecule has 2 aromatic rings. The van der Waals surface area contributed by atoms with Crippen LogP contribution in [0.4, 0.5) is 0 Å². The number of aromatic nitrogens is 2. The maximum atomic E-state index is 6.09. The predicted molar refractivity (Wildman–Crippen MR) is 93.2 cm³/mol. The van der Waals surface area contributed by atoms with Gasteiger partial charge >= 0.3 is 0 Å². The van der Waals surface area contributed by atoms with E-state index in [0.29, 0.717) is 11.9 Å². The first-order valence-corrected chi connectivity index (χ1v) is 9.16. The van der Waals surface area contributed by atoms with Gasteiger partial charge in [-0.15, -0.1) is 0 Å².